The zero-order valence-electron chi connectivity index (χ0n) is 13.7. The number of nitrogens with zero attached hydrogens (tertiary/aromatic N) is 2. The number of nitrogens with one attached hydrogen (secondary N) is 1. The Morgan fingerprint density at radius 2 is 1.67 bits per heavy atom. The van der Waals surface area contributed by atoms with Crippen molar-refractivity contribution in [2.75, 3.05) is 47.3 Å². The van der Waals surface area contributed by atoms with Crippen LogP contribution in [0.3, 0.4) is 0 Å². The third-order valence-electron chi connectivity index (χ3n) is 3.65. The number of rotatable bonds is 9. The van der Waals surface area contributed by atoms with Gasteiger partial charge in [0.05, 0.1) is 0 Å². The largest absolute Gasteiger partial charge is 0.316 e. The molecule has 0 amide bonds. The monoisotopic (exact) mass is 257 g/mol. The SMILES string of the molecule is CCN(CCCN(C)C)CCC(NC)C(C)(C)C. The molecule has 0 rings (SSSR count). The van der Waals surface area contributed by atoms with Gasteiger partial charge in [-0.25, -0.2) is 0 Å². The number of hydrogen-bond donors (Lipinski definition) is 1. The average molecular weight is 257 g/mol. The molecule has 0 saturated carbocycles. The Labute approximate surface area is 115 Å². The fraction of sp³-hybridized carbons (Fsp3) is 1.00. The van der Waals surface area contributed by atoms with Gasteiger partial charge in [-0.2, -0.15) is 0 Å². The summed E-state index contributed by atoms with van der Waals surface area (Å²) in [5.74, 6) is 0. The van der Waals surface area contributed by atoms with E-state index in [4.69, 9.17) is 0 Å². The molecule has 0 heterocycles. The van der Waals surface area contributed by atoms with E-state index in [2.05, 4.69) is 64.0 Å². The van der Waals surface area contributed by atoms with Crippen LogP contribution in [0, 0.1) is 5.41 Å². The van der Waals surface area contributed by atoms with Gasteiger partial charge in [-0.3, -0.25) is 0 Å². The fourth-order valence-corrected chi connectivity index (χ4v) is 2.36. The van der Waals surface area contributed by atoms with Crippen molar-refractivity contribution in [2.24, 2.45) is 5.41 Å². The molecule has 18 heavy (non-hydrogen) atoms. The summed E-state index contributed by atoms with van der Waals surface area (Å²) in [5.41, 5.74) is 0.345. The molecule has 0 aliphatic rings. The molecule has 1 N–H and O–H groups in total. The van der Waals surface area contributed by atoms with Crippen LogP contribution in [0.5, 0.6) is 0 Å². The van der Waals surface area contributed by atoms with Gasteiger partial charge in [0.25, 0.3) is 0 Å². The Hall–Kier alpha value is -0.120. The van der Waals surface area contributed by atoms with Crippen molar-refractivity contribution in [3.05, 3.63) is 0 Å². The van der Waals surface area contributed by atoms with Gasteiger partial charge in [0.1, 0.15) is 0 Å². The van der Waals surface area contributed by atoms with Crippen LogP contribution >= 0.6 is 0 Å². The molecule has 3 nitrogen and oxygen atoms in total. The van der Waals surface area contributed by atoms with E-state index < -0.39 is 0 Å². The zero-order valence-corrected chi connectivity index (χ0v) is 13.7. The van der Waals surface area contributed by atoms with E-state index in [1.54, 1.807) is 0 Å². The van der Waals surface area contributed by atoms with E-state index in [0.717, 1.165) is 6.54 Å². The second kappa shape index (κ2) is 8.89. The van der Waals surface area contributed by atoms with E-state index in [1.165, 1.54) is 32.5 Å². The Bertz CT molecular complexity index is 196. The normalized spacial score (nSPS) is 14.5. The molecule has 0 aromatic heterocycles. The van der Waals surface area contributed by atoms with Crippen LogP contribution in [0.15, 0.2) is 0 Å². The third-order valence-corrected chi connectivity index (χ3v) is 3.65. The molecule has 0 aliphatic carbocycles. The van der Waals surface area contributed by atoms with Gasteiger partial charge >= 0.3 is 0 Å². The first-order valence-corrected chi connectivity index (χ1v) is 7.35. The molecule has 3 heteroatoms. The first kappa shape index (κ1) is 17.9. The summed E-state index contributed by atoms with van der Waals surface area (Å²) in [6.45, 7) is 14.0. The lowest BCUT2D eigenvalue weighted by atomic mass is 9.85. The molecule has 0 spiro atoms. The summed E-state index contributed by atoms with van der Waals surface area (Å²) in [6, 6.07) is 0.598. The Morgan fingerprint density at radius 3 is 2.06 bits per heavy atom. The predicted molar refractivity (Wildman–Crippen MR) is 82.2 cm³/mol. The fourth-order valence-electron chi connectivity index (χ4n) is 2.36. The van der Waals surface area contributed by atoms with Gasteiger partial charge in [-0.15, -0.1) is 0 Å². The summed E-state index contributed by atoms with van der Waals surface area (Å²) in [4.78, 5) is 4.83. The van der Waals surface area contributed by atoms with Crippen LogP contribution < -0.4 is 5.32 Å². The van der Waals surface area contributed by atoms with Crippen molar-refractivity contribution >= 4 is 0 Å². The summed E-state index contributed by atoms with van der Waals surface area (Å²) in [6.07, 6.45) is 2.50. The van der Waals surface area contributed by atoms with Crippen LogP contribution in [-0.4, -0.2) is 63.2 Å². The molecule has 0 saturated heterocycles. The molecular weight excluding hydrogens is 222 g/mol. The van der Waals surface area contributed by atoms with E-state index in [1.807, 2.05) is 0 Å². The van der Waals surface area contributed by atoms with Gasteiger partial charge in [0.2, 0.25) is 0 Å². The molecule has 110 valence electrons. The van der Waals surface area contributed by atoms with E-state index >= 15 is 0 Å². The van der Waals surface area contributed by atoms with Crippen molar-refractivity contribution in [3.8, 4) is 0 Å². The van der Waals surface area contributed by atoms with E-state index in [0.29, 0.717) is 11.5 Å². The molecule has 0 bridgehead atoms. The first-order valence-electron chi connectivity index (χ1n) is 7.35. The van der Waals surface area contributed by atoms with Crippen LogP contribution in [0.1, 0.15) is 40.5 Å². The van der Waals surface area contributed by atoms with E-state index in [9.17, 15) is 0 Å². The minimum absolute atomic E-state index is 0.345. The van der Waals surface area contributed by atoms with Crippen molar-refractivity contribution in [2.45, 2.75) is 46.6 Å². The van der Waals surface area contributed by atoms with Gasteiger partial charge < -0.3 is 15.1 Å². The molecule has 1 unspecified atom stereocenters. The van der Waals surface area contributed by atoms with Crippen LogP contribution in [0.25, 0.3) is 0 Å². The molecule has 1 atom stereocenters. The minimum Gasteiger partial charge on any atom is -0.316 e. The maximum atomic E-state index is 3.46. The van der Waals surface area contributed by atoms with Crippen molar-refractivity contribution in [1.29, 1.82) is 0 Å². The predicted octanol–water partition coefficient (Wildman–Crippen LogP) is 2.28. The molecule has 0 fully saturated rings. The number of hydrogen-bond acceptors (Lipinski definition) is 3. The average Bonchev–Trinajstić information content (AvgIpc) is 2.25. The maximum absolute atomic E-state index is 3.46. The van der Waals surface area contributed by atoms with Crippen molar-refractivity contribution < 1.29 is 0 Å². The van der Waals surface area contributed by atoms with Gasteiger partial charge in [-0.1, -0.05) is 27.7 Å². The highest BCUT2D eigenvalue weighted by Crippen LogP contribution is 2.21. The lowest BCUT2D eigenvalue weighted by molar-refractivity contribution is 0.209. The van der Waals surface area contributed by atoms with Gasteiger partial charge in [0, 0.05) is 6.04 Å². The quantitative estimate of drug-likeness (QED) is 0.684. The van der Waals surface area contributed by atoms with Crippen LogP contribution in [0.2, 0.25) is 0 Å². The summed E-state index contributed by atoms with van der Waals surface area (Å²) < 4.78 is 0. The zero-order chi connectivity index (χ0) is 14.2. The highest BCUT2D eigenvalue weighted by molar-refractivity contribution is 4.80. The summed E-state index contributed by atoms with van der Waals surface area (Å²) in [7, 11) is 6.37. The molecular formula is C15H35N3. The van der Waals surface area contributed by atoms with E-state index in [-0.39, 0.29) is 0 Å². The summed E-state index contributed by atoms with van der Waals surface area (Å²) >= 11 is 0. The molecule has 0 radical (unpaired) electrons. The Balaban J connectivity index is 3.98. The lowest BCUT2D eigenvalue weighted by Gasteiger charge is -2.32. The van der Waals surface area contributed by atoms with Crippen LogP contribution in [-0.2, 0) is 0 Å². The summed E-state index contributed by atoms with van der Waals surface area (Å²) in [5, 5.41) is 3.46. The Kier molecular flexibility index (Phi) is 8.83. The van der Waals surface area contributed by atoms with Crippen molar-refractivity contribution in [3.63, 3.8) is 0 Å². The second-order valence-corrected chi connectivity index (χ2v) is 6.59. The van der Waals surface area contributed by atoms with Gasteiger partial charge in [-0.05, 0) is 65.6 Å². The Morgan fingerprint density at radius 1 is 1.06 bits per heavy atom. The van der Waals surface area contributed by atoms with Crippen LogP contribution in [0.4, 0.5) is 0 Å². The second-order valence-electron chi connectivity index (χ2n) is 6.59. The molecule has 0 aliphatic heterocycles. The highest BCUT2D eigenvalue weighted by Gasteiger charge is 2.22. The van der Waals surface area contributed by atoms with Gasteiger partial charge in [0.15, 0.2) is 0 Å². The molecule has 0 aromatic rings. The minimum atomic E-state index is 0.345. The lowest BCUT2D eigenvalue weighted by Crippen LogP contribution is -2.41. The van der Waals surface area contributed by atoms with Crippen molar-refractivity contribution in [1.82, 2.24) is 15.1 Å². The molecule has 0 aromatic carbocycles. The standard InChI is InChI=1S/C15H35N3/c1-8-18(12-9-11-17(6)7)13-10-14(16-5)15(2,3)4/h14,16H,8-13H2,1-7H3. The highest BCUT2D eigenvalue weighted by atomic mass is 15.1. The smallest absolute Gasteiger partial charge is 0.0125 e. The maximum Gasteiger partial charge on any atom is 0.0125 e. The third kappa shape index (κ3) is 8.06. The first-order chi connectivity index (χ1) is 8.31. The topological polar surface area (TPSA) is 18.5 Å².